The second kappa shape index (κ2) is 10.1. The van der Waals surface area contributed by atoms with E-state index >= 15 is 0 Å². The molecule has 0 aliphatic rings. The Morgan fingerprint density at radius 3 is 2.79 bits per heavy atom. The molecule has 0 aliphatic heterocycles. The van der Waals surface area contributed by atoms with Gasteiger partial charge in [-0.1, -0.05) is 41.1 Å². The molecule has 4 rings (SSSR count). The number of nitro groups is 1. The Morgan fingerprint density at radius 2 is 2.09 bits per heavy atom. The fraction of sp³-hybridized carbons (Fsp3) is 0.0526. The maximum Gasteiger partial charge on any atom is 0.293 e. The predicted octanol–water partition coefficient (Wildman–Crippen LogP) is 2.85. The zero-order valence-electron chi connectivity index (χ0n) is 17.0. The van der Waals surface area contributed by atoms with Crippen molar-refractivity contribution in [3.63, 3.8) is 0 Å². The van der Waals surface area contributed by atoms with Gasteiger partial charge in [-0.3, -0.25) is 14.9 Å². The van der Waals surface area contributed by atoms with Crippen LogP contribution in [0.4, 0.5) is 11.5 Å². The number of anilines is 1. The van der Waals surface area contributed by atoms with E-state index < -0.39 is 10.8 Å². The van der Waals surface area contributed by atoms with Crippen LogP contribution in [-0.4, -0.2) is 42.4 Å². The van der Waals surface area contributed by atoms with Gasteiger partial charge in [-0.2, -0.15) is 9.78 Å². The standard InChI is InChI=1S/C19H14ClN9O4S/c20-13-7-6-11(8-14(13)29(31)32)9-22-24-19(30)16-15(10-34-12-4-2-1-3-5-12)28(27-23-16)18-17(21)25-33-26-18/h1-9H,10H2,(H2,21,25)(H,24,30). The summed E-state index contributed by atoms with van der Waals surface area (Å²) in [6.45, 7) is 0. The molecule has 1 amide bonds. The highest BCUT2D eigenvalue weighted by atomic mass is 35.5. The highest BCUT2D eigenvalue weighted by Gasteiger charge is 2.24. The number of benzene rings is 2. The summed E-state index contributed by atoms with van der Waals surface area (Å²) >= 11 is 7.24. The molecule has 0 saturated carbocycles. The second-order valence-electron chi connectivity index (χ2n) is 6.54. The summed E-state index contributed by atoms with van der Waals surface area (Å²) in [4.78, 5) is 24.2. The minimum absolute atomic E-state index is 0.00928. The quantitative estimate of drug-likeness (QED) is 0.158. The highest BCUT2D eigenvalue weighted by molar-refractivity contribution is 7.98. The van der Waals surface area contributed by atoms with Gasteiger partial charge in [0.05, 0.1) is 16.8 Å². The van der Waals surface area contributed by atoms with E-state index in [1.165, 1.54) is 40.9 Å². The van der Waals surface area contributed by atoms with Crippen LogP contribution in [-0.2, 0) is 5.75 Å². The molecule has 0 atom stereocenters. The number of thioether (sulfide) groups is 1. The predicted molar refractivity (Wildman–Crippen MR) is 123 cm³/mol. The Labute approximate surface area is 200 Å². The van der Waals surface area contributed by atoms with Crippen molar-refractivity contribution in [3.05, 3.63) is 80.6 Å². The number of hydrogen-bond donors (Lipinski definition) is 2. The van der Waals surface area contributed by atoms with Gasteiger partial charge in [0.25, 0.3) is 11.6 Å². The van der Waals surface area contributed by atoms with Gasteiger partial charge in [0.2, 0.25) is 11.6 Å². The van der Waals surface area contributed by atoms with Gasteiger partial charge in [-0.05, 0) is 28.5 Å². The van der Waals surface area contributed by atoms with Crippen LogP contribution in [0.1, 0.15) is 21.7 Å². The van der Waals surface area contributed by atoms with Crippen LogP contribution >= 0.6 is 23.4 Å². The molecule has 4 aromatic rings. The zero-order chi connectivity index (χ0) is 24.1. The topological polar surface area (TPSA) is 180 Å². The van der Waals surface area contributed by atoms with Crippen LogP contribution < -0.4 is 11.2 Å². The molecule has 0 bridgehead atoms. The van der Waals surface area contributed by atoms with Gasteiger partial charge < -0.3 is 5.73 Å². The van der Waals surface area contributed by atoms with E-state index in [2.05, 4.69) is 35.8 Å². The maximum atomic E-state index is 12.8. The third kappa shape index (κ3) is 5.02. The molecule has 0 aliphatic carbocycles. The normalized spacial score (nSPS) is 11.1. The third-order valence-electron chi connectivity index (χ3n) is 4.34. The molecule has 15 heteroatoms. The summed E-state index contributed by atoms with van der Waals surface area (Å²) in [5.74, 6) is -0.305. The third-order valence-corrected chi connectivity index (χ3v) is 5.68. The molecule has 0 spiro atoms. The number of nitrogens with two attached hydrogens (primary N) is 1. The Kier molecular flexibility index (Phi) is 6.79. The summed E-state index contributed by atoms with van der Waals surface area (Å²) < 4.78 is 5.90. The van der Waals surface area contributed by atoms with Gasteiger partial charge in [-0.25, -0.2) is 10.1 Å². The summed E-state index contributed by atoms with van der Waals surface area (Å²) in [7, 11) is 0. The lowest BCUT2D eigenvalue weighted by atomic mass is 10.2. The van der Waals surface area contributed by atoms with Gasteiger partial charge in [0, 0.05) is 22.3 Å². The average Bonchev–Trinajstić information content (AvgIpc) is 3.44. The minimum atomic E-state index is -0.662. The van der Waals surface area contributed by atoms with Crippen molar-refractivity contribution in [1.29, 1.82) is 0 Å². The molecular formula is C19H14ClN9O4S. The van der Waals surface area contributed by atoms with E-state index in [0.717, 1.165) is 4.90 Å². The van der Waals surface area contributed by atoms with E-state index in [1.807, 2.05) is 30.3 Å². The largest absolute Gasteiger partial charge is 0.378 e. The first-order chi connectivity index (χ1) is 16.4. The monoisotopic (exact) mass is 499 g/mol. The number of halogens is 1. The smallest absolute Gasteiger partial charge is 0.293 e. The van der Waals surface area contributed by atoms with Crippen LogP contribution in [0, 0.1) is 10.1 Å². The summed E-state index contributed by atoms with van der Waals surface area (Å²) in [6, 6.07) is 13.6. The van der Waals surface area contributed by atoms with E-state index in [0.29, 0.717) is 17.0 Å². The van der Waals surface area contributed by atoms with E-state index in [4.69, 9.17) is 17.3 Å². The summed E-state index contributed by atoms with van der Waals surface area (Å²) in [5, 5.41) is 30.0. The van der Waals surface area contributed by atoms with Crippen LogP contribution in [0.3, 0.4) is 0 Å². The minimum Gasteiger partial charge on any atom is -0.378 e. The lowest BCUT2D eigenvalue weighted by Crippen LogP contribution is -2.20. The van der Waals surface area contributed by atoms with E-state index in [-0.39, 0.29) is 28.0 Å². The number of carbonyl (C=O) groups is 1. The molecular weight excluding hydrogens is 486 g/mol. The lowest BCUT2D eigenvalue weighted by molar-refractivity contribution is -0.384. The van der Waals surface area contributed by atoms with E-state index in [1.54, 1.807) is 0 Å². The lowest BCUT2D eigenvalue weighted by Gasteiger charge is -2.05. The number of amides is 1. The summed E-state index contributed by atoms with van der Waals surface area (Å²) in [5.41, 5.74) is 8.55. The fourth-order valence-corrected chi connectivity index (χ4v) is 3.85. The van der Waals surface area contributed by atoms with Crippen molar-refractivity contribution in [3.8, 4) is 5.82 Å². The van der Waals surface area contributed by atoms with Crippen LogP contribution in [0.2, 0.25) is 5.02 Å². The molecule has 2 heterocycles. The molecule has 2 aromatic heterocycles. The van der Waals surface area contributed by atoms with Crippen molar-refractivity contribution in [2.24, 2.45) is 5.10 Å². The van der Waals surface area contributed by atoms with Gasteiger partial charge >= 0.3 is 0 Å². The van der Waals surface area contributed by atoms with Crippen LogP contribution in [0.5, 0.6) is 0 Å². The Bertz CT molecular complexity index is 1370. The first-order valence-corrected chi connectivity index (χ1v) is 10.8. The summed E-state index contributed by atoms with van der Waals surface area (Å²) in [6.07, 6.45) is 1.24. The van der Waals surface area contributed by atoms with E-state index in [9.17, 15) is 14.9 Å². The van der Waals surface area contributed by atoms with Gasteiger partial charge in [0.1, 0.15) is 5.02 Å². The van der Waals surface area contributed by atoms with Gasteiger partial charge in [0.15, 0.2) is 5.69 Å². The first kappa shape index (κ1) is 22.9. The maximum absolute atomic E-state index is 12.8. The molecule has 0 fully saturated rings. The number of carbonyl (C=O) groups excluding carboxylic acids is 1. The number of hydrazone groups is 1. The molecule has 0 unspecified atom stereocenters. The number of nitrogen functional groups attached to an aromatic ring is 1. The zero-order valence-corrected chi connectivity index (χ0v) is 18.6. The van der Waals surface area contributed by atoms with Crippen molar-refractivity contribution in [2.45, 2.75) is 10.6 Å². The number of nitrogens with one attached hydrogen (secondary N) is 1. The highest BCUT2D eigenvalue weighted by Crippen LogP contribution is 2.26. The Balaban J connectivity index is 1.56. The SMILES string of the molecule is Nc1nonc1-n1nnc(C(=O)NN=Cc2ccc(Cl)c([N+](=O)[O-])c2)c1CSc1ccccc1. The van der Waals surface area contributed by atoms with Crippen molar-refractivity contribution < 1.29 is 14.3 Å². The number of hydrogen-bond acceptors (Lipinski definition) is 11. The molecule has 2 aromatic carbocycles. The van der Waals surface area contributed by atoms with Crippen molar-refractivity contribution in [1.82, 2.24) is 30.7 Å². The molecule has 34 heavy (non-hydrogen) atoms. The first-order valence-electron chi connectivity index (χ1n) is 9.42. The number of aromatic nitrogens is 5. The van der Waals surface area contributed by atoms with Crippen LogP contribution in [0.15, 0.2) is 63.2 Å². The average molecular weight is 500 g/mol. The Hall–Kier alpha value is -4.30. The fourth-order valence-electron chi connectivity index (χ4n) is 2.75. The van der Waals surface area contributed by atoms with Crippen LogP contribution in [0.25, 0.3) is 5.82 Å². The Morgan fingerprint density at radius 1 is 1.29 bits per heavy atom. The van der Waals surface area contributed by atoms with Crippen molar-refractivity contribution >= 4 is 47.0 Å². The molecule has 0 saturated heterocycles. The number of nitro benzene ring substituents is 1. The molecule has 13 nitrogen and oxygen atoms in total. The van der Waals surface area contributed by atoms with Crippen molar-refractivity contribution in [2.75, 3.05) is 5.73 Å². The number of rotatable bonds is 8. The molecule has 172 valence electrons. The van der Waals surface area contributed by atoms with Gasteiger partial charge in [-0.15, -0.1) is 16.9 Å². The second-order valence-corrected chi connectivity index (χ2v) is 7.99. The molecule has 3 N–H and O–H groups in total. The number of nitrogens with zero attached hydrogens (tertiary/aromatic N) is 7. The molecule has 0 radical (unpaired) electrons.